The molecule has 186 valence electrons. The van der Waals surface area contributed by atoms with Crippen LogP contribution in [0, 0.1) is 5.41 Å². The van der Waals surface area contributed by atoms with Crippen LogP contribution in [0.5, 0.6) is 0 Å². The highest BCUT2D eigenvalue weighted by Crippen LogP contribution is 2.64. The molecule has 2 heterocycles. The fraction of sp³-hybridized carbons (Fsp3) is 0.267. The van der Waals surface area contributed by atoms with E-state index in [2.05, 4.69) is 15.9 Å². The van der Waals surface area contributed by atoms with Crippen molar-refractivity contribution in [2.45, 2.75) is 44.4 Å². The number of benzene rings is 3. The molecule has 3 aromatic rings. The van der Waals surface area contributed by atoms with Gasteiger partial charge in [-0.15, -0.1) is 0 Å². The van der Waals surface area contributed by atoms with Crippen LogP contribution in [0.15, 0.2) is 82.4 Å². The molecule has 6 rings (SSSR count). The molecular weight excluding hydrogens is 532 g/mol. The minimum Gasteiger partial charge on any atom is -0.458 e. The number of carbonyl (C=O) groups is 3. The van der Waals surface area contributed by atoms with Crippen molar-refractivity contribution in [3.63, 3.8) is 0 Å². The van der Waals surface area contributed by atoms with Crippen LogP contribution < -0.4 is 0 Å². The van der Waals surface area contributed by atoms with Gasteiger partial charge in [0, 0.05) is 21.5 Å². The highest BCUT2D eigenvalue weighted by molar-refractivity contribution is 9.10. The minimum absolute atomic E-state index is 0.283. The molecule has 0 saturated carbocycles. The van der Waals surface area contributed by atoms with Crippen molar-refractivity contribution in [1.29, 1.82) is 0 Å². The Kier molecular flexibility index (Phi) is 5.28. The summed E-state index contributed by atoms with van der Waals surface area (Å²) in [6.07, 6.45) is 1.69. The Morgan fingerprint density at radius 3 is 2.14 bits per heavy atom. The summed E-state index contributed by atoms with van der Waals surface area (Å²) >= 11 is 3.48. The second-order valence-corrected chi connectivity index (χ2v) is 11.7. The monoisotopic (exact) mass is 556 g/mol. The molecule has 6 nitrogen and oxygen atoms in total. The van der Waals surface area contributed by atoms with Crippen molar-refractivity contribution in [1.82, 2.24) is 5.01 Å². The summed E-state index contributed by atoms with van der Waals surface area (Å²) in [4.78, 5) is 43.0. The highest BCUT2D eigenvalue weighted by Gasteiger charge is 2.73. The third-order valence-corrected chi connectivity index (χ3v) is 7.98. The van der Waals surface area contributed by atoms with Crippen molar-refractivity contribution in [2.75, 3.05) is 0 Å². The number of fused-ring (bicyclic) bond motifs is 5. The SMILES string of the molecule is CC(C)(C)OC(=O)[C@@H]1[C@H](c2ccc(Br)cc2)C2(C(=O)c3ccccc3C2=O)[C@H]2c3ccccc3C=NN12. The van der Waals surface area contributed by atoms with Crippen LogP contribution in [0.4, 0.5) is 0 Å². The first-order chi connectivity index (χ1) is 17.6. The van der Waals surface area contributed by atoms with E-state index in [-0.39, 0.29) is 11.6 Å². The molecular formula is C30H25BrN2O4. The molecule has 1 spiro atoms. The molecule has 0 radical (unpaired) electrons. The van der Waals surface area contributed by atoms with Gasteiger partial charge in [-0.3, -0.25) is 14.6 Å². The Morgan fingerprint density at radius 2 is 1.51 bits per heavy atom. The molecule has 2 aliphatic heterocycles. The smallest absolute Gasteiger partial charge is 0.331 e. The Bertz CT molecular complexity index is 1450. The summed E-state index contributed by atoms with van der Waals surface area (Å²) in [5.74, 6) is -1.91. The Morgan fingerprint density at radius 1 is 0.919 bits per heavy atom. The number of hydrazone groups is 1. The topological polar surface area (TPSA) is 76.0 Å². The number of rotatable bonds is 2. The zero-order valence-electron chi connectivity index (χ0n) is 20.6. The molecule has 3 atom stereocenters. The van der Waals surface area contributed by atoms with Crippen LogP contribution in [0.3, 0.4) is 0 Å². The summed E-state index contributed by atoms with van der Waals surface area (Å²) in [5.41, 5.74) is 0.719. The first-order valence-corrected chi connectivity index (χ1v) is 13.0. The van der Waals surface area contributed by atoms with Gasteiger partial charge in [0.2, 0.25) is 0 Å². The van der Waals surface area contributed by atoms with E-state index in [1.807, 2.05) is 48.5 Å². The zero-order valence-corrected chi connectivity index (χ0v) is 22.2. The normalized spacial score (nSPS) is 23.1. The van der Waals surface area contributed by atoms with Crippen molar-refractivity contribution in [3.05, 3.63) is 105 Å². The van der Waals surface area contributed by atoms with E-state index >= 15 is 0 Å². The molecule has 7 heteroatoms. The van der Waals surface area contributed by atoms with Crippen LogP contribution >= 0.6 is 15.9 Å². The predicted molar refractivity (Wildman–Crippen MR) is 143 cm³/mol. The summed E-state index contributed by atoms with van der Waals surface area (Å²) in [5, 5.41) is 6.35. The maximum atomic E-state index is 14.5. The van der Waals surface area contributed by atoms with E-state index in [9.17, 15) is 14.4 Å². The number of nitrogens with zero attached hydrogens (tertiary/aromatic N) is 2. The molecule has 0 N–H and O–H groups in total. The van der Waals surface area contributed by atoms with Gasteiger partial charge >= 0.3 is 5.97 Å². The number of halogens is 1. The fourth-order valence-corrected chi connectivity index (χ4v) is 6.42. The molecule has 1 saturated heterocycles. The second-order valence-electron chi connectivity index (χ2n) is 10.7. The lowest BCUT2D eigenvalue weighted by Gasteiger charge is -2.36. The summed E-state index contributed by atoms with van der Waals surface area (Å²) < 4.78 is 6.75. The maximum absolute atomic E-state index is 14.5. The summed E-state index contributed by atoms with van der Waals surface area (Å²) in [6, 6.07) is 20.2. The van der Waals surface area contributed by atoms with Crippen LogP contribution in [0.2, 0.25) is 0 Å². The van der Waals surface area contributed by atoms with Gasteiger partial charge in [-0.05, 0) is 49.6 Å². The highest BCUT2D eigenvalue weighted by atomic mass is 79.9. The average Bonchev–Trinajstić information content (AvgIpc) is 3.30. The van der Waals surface area contributed by atoms with E-state index in [0.717, 1.165) is 15.6 Å². The number of ether oxygens (including phenoxy) is 1. The van der Waals surface area contributed by atoms with Crippen molar-refractivity contribution >= 4 is 39.7 Å². The van der Waals surface area contributed by atoms with Crippen molar-refractivity contribution in [2.24, 2.45) is 10.5 Å². The molecule has 1 fully saturated rings. The lowest BCUT2D eigenvalue weighted by molar-refractivity contribution is -0.161. The molecule has 37 heavy (non-hydrogen) atoms. The van der Waals surface area contributed by atoms with Crippen molar-refractivity contribution < 1.29 is 19.1 Å². The molecule has 0 amide bonds. The number of hydrogen-bond donors (Lipinski definition) is 0. The van der Waals surface area contributed by atoms with Gasteiger partial charge in [-0.1, -0.05) is 76.6 Å². The molecule has 0 bridgehead atoms. The lowest BCUT2D eigenvalue weighted by atomic mass is 9.63. The Balaban J connectivity index is 1.67. The lowest BCUT2D eigenvalue weighted by Crippen LogP contribution is -2.44. The van der Waals surface area contributed by atoms with Gasteiger partial charge < -0.3 is 4.74 Å². The van der Waals surface area contributed by atoms with Gasteiger partial charge in [-0.2, -0.15) is 5.10 Å². The summed E-state index contributed by atoms with van der Waals surface area (Å²) in [7, 11) is 0. The van der Waals surface area contributed by atoms with Crippen LogP contribution in [0.25, 0.3) is 0 Å². The molecule has 3 aliphatic rings. The largest absolute Gasteiger partial charge is 0.458 e. The average molecular weight is 557 g/mol. The Hall–Kier alpha value is -3.58. The van der Waals surface area contributed by atoms with Crippen LogP contribution in [-0.2, 0) is 9.53 Å². The third-order valence-electron chi connectivity index (χ3n) is 7.45. The van der Waals surface area contributed by atoms with Crippen LogP contribution in [-0.4, -0.2) is 40.4 Å². The van der Waals surface area contributed by atoms with Gasteiger partial charge in [0.25, 0.3) is 0 Å². The van der Waals surface area contributed by atoms with Gasteiger partial charge in [0.1, 0.15) is 11.0 Å². The predicted octanol–water partition coefficient (Wildman–Crippen LogP) is 5.71. The first kappa shape index (κ1) is 23.8. The van der Waals surface area contributed by atoms with Gasteiger partial charge in [-0.25, -0.2) is 4.79 Å². The van der Waals surface area contributed by atoms with Gasteiger partial charge in [0.15, 0.2) is 17.6 Å². The quantitative estimate of drug-likeness (QED) is 0.298. The molecule has 1 aliphatic carbocycles. The number of ketones is 2. The number of hydrogen-bond acceptors (Lipinski definition) is 6. The van der Waals surface area contributed by atoms with Crippen LogP contribution in [0.1, 0.15) is 70.1 Å². The maximum Gasteiger partial charge on any atom is 0.331 e. The van der Waals surface area contributed by atoms with E-state index in [1.54, 1.807) is 56.3 Å². The second kappa shape index (κ2) is 8.21. The fourth-order valence-electron chi connectivity index (χ4n) is 6.15. The first-order valence-electron chi connectivity index (χ1n) is 12.2. The van der Waals surface area contributed by atoms with E-state index in [1.165, 1.54) is 0 Å². The van der Waals surface area contributed by atoms with E-state index < -0.39 is 35.0 Å². The van der Waals surface area contributed by atoms with E-state index in [4.69, 9.17) is 9.84 Å². The van der Waals surface area contributed by atoms with Crippen molar-refractivity contribution in [3.8, 4) is 0 Å². The molecule has 0 unspecified atom stereocenters. The number of esters is 1. The molecule has 3 aromatic carbocycles. The van der Waals surface area contributed by atoms with Gasteiger partial charge in [0.05, 0.1) is 12.3 Å². The van der Waals surface area contributed by atoms with E-state index in [0.29, 0.717) is 16.7 Å². The Labute approximate surface area is 223 Å². The number of Topliss-reactive ketones (excluding diaryl/α,β-unsaturated/α-hetero) is 2. The summed E-state index contributed by atoms with van der Waals surface area (Å²) in [6.45, 7) is 5.41. The minimum atomic E-state index is -1.59. The standard InChI is InChI=1S/C30H25BrN2O4/c1-29(2,3)37-28(36)24-23(17-12-14-19(31)15-13-17)30(26(34)21-10-6-7-11-22(21)27(30)35)25-20-9-5-4-8-18(20)16-32-33(24)25/h4-16,23-25H,1-3H3/t23-,24-,25+/m0/s1. The molecule has 0 aromatic heterocycles. The third kappa shape index (κ3) is 3.37. The zero-order chi connectivity index (χ0) is 26.1. The number of carbonyl (C=O) groups excluding carboxylic acids is 3.